The maximum absolute atomic E-state index is 13.1. The Labute approximate surface area is 189 Å². The molecule has 1 aliphatic heterocycles. The Hall–Kier alpha value is -3.27. The van der Waals surface area contributed by atoms with Crippen molar-refractivity contribution in [1.82, 2.24) is 5.01 Å². The summed E-state index contributed by atoms with van der Waals surface area (Å²) in [6.45, 7) is -0.163. The average molecular weight is 473 g/mol. The number of nitrogens with two attached hydrogens (primary N) is 1. The molecule has 3 aromatic carbocycles. The highest BCUT2D eigenvalue weighted by Gasteiger charge is 2.44. The Morgan fingerprint density at radius 2 is 1.69 bits per heavy atom. The van der Waals surface area contributed by atoms with Gasteiger partial charge in [0.1, 0.15) is 11.5 Å². The first kappa shape index (κ1) is 21.9. The molecule has 1 atom stereocenters. The molecule has 0 aliphatic carbocycles. The lowest BCUT2D eigenvalue weighted by atomic mass is 9.86. The van der Waals surface area contributed by atoms with Crippen molar-refractivity contribution in [3.05, 3.63) is 101 Å². The van der Waals surface area contributed by atoms with Crippen molar-refractivity contribution in [2.24, 2.45) is 15.2 Å². The van der Waals surface area contributed by atoms with Crippen molar-refractivity contribution in [2.45, 2.75) is 10.5 Å². The summed E-state index contributed by atoms with van der Waals surface area (Å²) in [5.74, 6) is -1.02. The summed E-state index contributed by atoms with van der Waals surface area (Å²) < 4.78 is 41.9. The van der Waals surface area contributed by atoms with Gasteiger partial charge in [0.2, 0.25) is 5.96 Å². The second-order valence-corrected chi connectivity index (χ2v) is 9.16. The fraction of sp³-hybridized carbons (Fsp3) is 0.0909. The van der Waals surface area contributed by atoms with Gasteiger partial charge in [-0.3, -0.25) is 0 Å². The molecule has 3 N–H and O–H groups in total. The quantitative estimate of drug-likeness (QED) is 0.448. The maximum atomic E-state index is 13.1. The largest absolute Gasteiger partial charge is 0.377 e. The molecule has 32 heavy (non-hydrogen) atoms. The molecule has 3 aromatic rings. The molecular weight excluding hydrogens is 455 g/mol. The van der Waals surface area contributed by atoms with E-state index in [0.29, 0.717) is 16.1 Å². The van der Waals surface area contributed by atoms with Crippen LogP contribution in [0.4, 0.5) is 4.39 Å². The van der Waals surface area contributed by atoms with Gasteiger partial charge in [0.25, 0.3) is 10.0 Å². The standard InChI is InChI=1S/C22H18ClFN4O3S/c23-17-8-6-15(7-9-17)20-22(29,16-4-2-1-3-5-16)14-28(26-20)21(25)27-32(30,31)19-12-10-18(24)11-13-19/h1-13,29H,14H2,(H2,25,27). The second kappa shape index (κ2) is 8.34. The Kier molecular flexibility index (Phi) is 5.72. The number of rotatable bonds is 4. The summed E-state index contributed by atoms with van der Waals surface area (Å²) in [7, 11) is -4.22. The first-order valence-corrected chi connectivity index (χ1v) is 11.3. The third-order valence-electron chi connectivity index (χ3n) is 4.95. The number of hydrogen-bond donors (Lipinski definition) is 2. The Bertz CT molecular complexity index is 1300. The number of hydrazone groups is 1. The van der Waals surface area contributed by atoms with Gasteiger partial charge in [-0.05, 0) is 42.0 Å². The van der Waals surface area contributed by atoms with Gasteiger partial charge in [0.15, 0.2) is 5.60 Å². The zero-order valence-corrected chi connectivity index (χ0v) is 18.1. The zero-order chi connectivity index (χ0) is 22.9. The number of aliphatic hydroxyl groups is 1. The number of nitrogens with zero attached hydrogens (tertiary/aromatic N) is 3. The van der Waals surface area contributed by atoms with Crippen LogP contribution in [0.25, 0.3) is 0 Å². The van der Waals surface area contributed by atoms with E-state index >= 15 is 0 Å². The first-order valence-electron chi connectivity index (χ1n) is 9.45. The Morgan fingerprint density at radius 1 is 1.06 bits per heavy atom. The van der Waals surface area contributed by atoms with Gasteiger partial charge in [-0.2, -0.15) is 13.5 Å². The normalized spacial score (nSPS) is 19.2. The lowest BCUT2D eigenvalue weighted by Crippen LogP contribution is -2.42. The van der Waals surface area contributed by atoms with Crippen molar-refractivity contribution < 1.29 is 17.9 Å². The molecule has 0 spiro atoms. The molecule has 0 bridgehead atoms. The number of guanidine groups is 1. The summed E-state index contributed by atoms with van der Waals surface area (Å²) in [6, 6.07) is 19.7. The minimum absolute atomic E-state index is 0.163. The molecule has 1 heterocycles. The molecule has 0 saturated heterocycles. The monoisotopic (exact) mass is 472 g/mol. The fourth-order valence-corrected chi connectivity index (χ4v) is 4.39. The minimum atomic E-state index is -4.22. The van der Waals surface area contributed by atoms with Crippen LogP contribution in [0.3, 0.4) is 0 Å². The number of hydrogen-bond acceptors (Lipinski definition) is 4. The van der Waals surface area contributed by atoms with Crippen LogP contribution in [0.5, 0.6) is 0 Å². The van der Waals surface area contributed by atoms with E-state index in [4.69, 9.17) is 17.3 Å². The molecule has 164 valence electrons. The van der Waals surface area contributed by atoms with E-state index in [2.05, 4.69) is 9.50 Å². The van der Waals surface area contributed by atoms with Gasteiger partial charge >= 0.3 is 0 Å². The fourth-order valence-electron chi connectivity index (χ4n) is 3.34. The predicted octanol–water partition coefficient (Wildman–Crippen LogP) is 3.09. The molecule has 0 aromatic heterocycles. The molecule has 0 radical (unpaired) electrons. The third-order valence-corrected chi connectivity index (χ3v) is 6.50. The summed E-state index contributed by atoms with van der Waals surface area (Å²) in [6.07, 6.45) is 0. The van der Waals surface area contributed by atoms with Crippen molar-refractivity contribution in [2.75, 3.05) is 6.54 Å². The summed E-state index contributed by atoms with van der Waals surface area (Å²) >= 11 is 5.98. The molecule has 0 fully saturated rings. The van der Waals surface area contributed by atoms with Crippen LogP contribution >= 0.6 is 11.6 Å². The van der Waals surface area contributed by atoms with Crippen LogP contribution in [-0.4, -0.2) is 36.7 Å². The van der Waals surface area contributed by atoms with Crippen molar-refractivity contribution in [3.63, 3.8) is 0 Å². The van der Waals surface area contributed by atoms with Gasteiger partial charge in [0.05, 0.1) is 11.4 Å². The van der Waals surface area contributed by atoms with Crippen LogP contribution in [0.2, 0.25) is 5.02 Å². The molecule has 1 aliphatic rings. The Morgan fingerprint density at radius 3 is 2.31 bits per heavy atom. The van der Waals surface area contributed by atoms with Crippen molar-refractivity contribution >= 4 is 33.3 Å². The summed E-state index contributed by atoms with van der Waals surface area (Å²) in [4.78, 5) is -0.221. The van der Waals surface area contributed by atoms with E-state index in [-0.39, 0.29) is 17.2 Å². The van der Waals surface area contributed by atoms with Crippen LogP contribution < -0.4 is 5.73 Å². The molecule has 4 rings (SSSR count). The molecular formula is C22H18ClFN4O3S. The minimum Gasteiger partial charge on any atom is -0.377 e. The lowest BCUT2D eigenvalue weighted by molar-refractivity contribution is 0.104. The van der Waals surface area contributed by atoms with Crippen molar-refractivity contribution in [1.29, 1.82) is 0 Å². The van der Waals surface area contributed by atoms with Crippen LogP contribution in [0.1, 0.15) is 11.1 Å². The van der Waals surface area contributed by atoms with Crippen LogP contribution in [0, 0.1) is 5.82 Å². The third kappa shape index (κ3) is 4.22. The first-order chi connectivity index (χ1) is 15.2. The van der Waals surface area contributed by atoms with E-state index in [1.165, 1.54) is 0 Å². The predicted molar refractivity (Wildman–Crippen MR) is 120 cm³/mol. The highest BCUT2D eigenvalue weighted by molar-refractivity contribution is 7.90. The zero-order valence-electron chi connectivity index (χ0n) is 16.6. The maximum Gasteiger partial charge on any atom is 0.285 e. The van der Waals surface area contributed by atoms with Gasteiger partial charge < -0.3 is 10.8 Å². The number of β-amino-alcohol motifs (C(OH)–C–C–N with tert-alkyl or cyclic N) is 1. The SMILES string of the molecule is N/C(=N\S(=O)(=O)c1ccc(F)cc1)N1CC(O)(c2ccccc2)C(c2ccc(Cl)cc2)=N1. The molecule has 10 heteroatoms. The highest BCUT2D eigenvalue weighted by Crippen LogP contribution is 2.33. The van der Waals surface area contributed by atoms with Gasteiger partial charge in [-0.15, -0.1) is 4.40 Å². The number of benzene rings is 3. The van der Waals surface area contributed by atoms with Crippen LogP contribution in [-0.2, 0) is 15.6 Å². The van der Waals surface area contributed by atoms with E-state index in [1.54, 1.807) is 48.5 Å². The van der Waals surface area contributed by atoms with Crippen molar-refractivity contribution in [3.8, 4) is 0 Å². The topological polar surface area (TPSA) is 108 Å². The van der Waals surface area contributed by atoms with E-state index in [0.717, 1.165) is 29.3 Å². The highest BCUT2D eigenvalue weighted by atomic mass is 35.5. The smallest absolute Gasteiger partial charge is 0.285 e. The molecule has 0 saturated carbocycles. The van der Waals surface area contributed by atoms with Crippen LogP contribution in [0.15, 0.2) is 93.3 Å². The molecule has 1 unspecified atom stereocenters. The van der Waals surface area contributed by atoms with E-state index in [1.807, 2.05) is 6.07 Å². The molecule has 0 amide bonds. The van der Waals surface area contributed by atoms with Gasteiger partial charge in [0, 0.05) is 10.6 Å². The number of sulfonamides is 1. The lowest BCUT2D eigenvalue weighted by Gasteiger charge is -2.25. The van der Waals surface area contributed by atoms with Gasteiger partial charge in [-0.25, -0.2) is 9.40 Å². The summed E-state index contributed by atoms with van der Waals surface area (Å²) in [5.41, 5.74) is 5.78. The Balaban J connectivity index is 1.75. The molecule has 7 nitrogen and oxygen atoms in total. The summed E-state index contributed by atoms with van der Waals surface area (Å²) in [5, 5.41) is 17.6. The van der Waals surface area contributed by atoms with E-state index in [9.17, 15) is 17.9 Å². The van der Waals surface area contributed by atoms with Gasteiger partial charge in [-0.1, -0.05) is 54.1 Å². The average Bonchev–Trinajstić information content (AvgIpc) is 3.14. The van der Waals surface area contributed by atoms with E-state index < -0.39 is 27.4 Å². The second-order valence-electron chi connectivity index (χ2n) is 7.12. The number of halogens is 2.